The van der Waals surface area contributed by atoms with E-state index in [0.717, 1.165) is 11.1 Å². The summed E-state index contributed by atoms with van der Waals surface area (Å²) < 4.78 is 12.9. The number of halogens is 2. The van der Waals surface area contributed by atoms with Crippen molar-refractivity contribution < 1.29 is 9.18 Å². The van der Waals surface area contributed by atoms with Crippen LogP contribution in [0.3, 0.4) is 0 Å². The summed E-state index contributed by atoms with van der Waals surface area (Å²) in [4.78, 5) is 12.0. The van der Waals surface area contributed by atoms with E-state index in [2.05, 4.69) is 24.5 Å². The maximum Gasteiger partial charge on any atom is 0.234 e. The SMILES string of the molecule is CC(C)[C@@H](NCC(=O)NCc1ccc(F)cc1)c1ccc(Cl)cc1. The molecule has 0 radical (unpaired) electrons. The van der Waals surface area contributed by atoms with Crippen molar-refractivity contribution in [2.24, 2.45) is 5.92 Å². The molecule has 2 aromatic carbocycles. The van der Waals surface area contributed by atoms with Crippen LogP contribution in [0, 0.1) is 11.7 Å². The third kappa shape index (κ3) is 5.62. The van der Waals surface area contributed by atoms with Gasteiger partial charge in [-0.15, -0.1) is 0 Å². The molecular weight excluding hydrogens is 327 g/mol. The van der Waals surface area contributed by atoms with Gasteiger partial charge in [0.05, 0.1) is 6.54 Å². The predicted molar refractivity (Wildman–Crippen MR) is 95.3 cm³/mol. The molecule has 0 aliphatic heterocycles. The van der Waals surface area contributed by atoms with E-state index in [9.17, 15) is 9.18 Å². The predicted octanol–water partition coefficient (Wildman–Crippen LogP) is 4.08. The zero-order chi connectivity index (χ0) is 17.5. The molecule has 3 nitrogen and oxygen atoms in total. The average Bonchev–Trinajstić information content (AvgIpc) is 2.56. The third-order valence-electron chi connectivity index (χ3n) is 3.78. The zero-order valence-corrected chi connectivity index (χ0v) is 14.6. The lowest BCUT2D eigenvalue weighted by atomic mass is 9.96. The molecular formula is C19H22ClFN2O. The Bertz CT molecular complexity index is 656. The van der Waals surface area contributed by atoms with Crippen molar-refractivity contribution in [1.82, 2.24) is 10.6 Å². The van der Waals surface area contributed by atoms with Crippen LogP contribution >= 0.6 is 11.6 Å². The Morgan fingerprint density at radius 1 is 1.08 bits per heavy atom. The molecule has 0 heterocycles. The lowest BCUT2D eigenvalue weighted by Gasteiger charge is -2.23. The van der Waals surface area contributed by atoms with E-state index in [1.54, 1.807) is 12.1 Å². The number of benzene rings is 2. The van der Waals surface area contributed by atoms with E-state index in [0.29, 0.717) is 17.5 Å². The summed E-state index contributed by atoms with van der Waals surface area (Å²) in [5.74, 6) is -0.0514. The second kappa shape index (κ2) is 8.81. The first-order valence-corrected chi connectivity index (χ1v) is 8.33. The molecule has 0 aromatic heterocycles. The summed E-state index contributed by atoms with van der Waals surface area (Å²) in [7, 11) is 0. The van der Waals surface area contributed by atoms with Crippen molar-refractivity contribution in [2.45, 2.75) is 26.4 Å². The van der Waals surface area contributed by atoms with Gasteiger partial charge < -0.3 is 10.6 Å². The fourth-order valence-electron chi connectivity index (χ4n) is 2.48. The molecule has 2 rings (SSSR count). The van der Waals surface area contributed by atoms with Gasteiger partial charge in [0.2, 0.25) is 5.91 Å². The highest BCUT2D eigenvalue weighted by molar-refractivity contribution is 6.30. The smallest absolute Gasteiger partial charge is 0.234 e. The van der Waals surface area contributed by atoms with Gasteiger partial charge in [-0.05, 0) is 41.3 Å². The van der Waals surface area contributed by atoms with Crippen LogP contribution in [0.1, 0.15) is 31.0 Å². The second-order valence-electron chi connectivity index (χ2n) is 6.06. The molecule has 0 bridgehead atoms. The van der Waals surface area contributed by atoms with Crippen LogP contribution in [-0.2, 0) is 11.3 Å². The maximum atomic E-state index is 12.9. The molecule has 2 aromatic rings. The largest absolute Gasteiger partial charge is 0.351 e. The molecule has 24 heavy (non-hydrogen) atoms. The van der Waals surface area contributed by atoms with Gasteiger partial charge in [-0.2, -0.15) is 0 Å². The molecule has 0 aliphatic rings. The summed E-state index contributed by atoms with van der Waals surface area (Å²) in [6.45, 7) is 4.80. The number of carbonyl (C=O) groups excluding carboxylic acids is 1. The normalized spacial score (nSPS) is 12.2. The first-order chi connectivity index (χ1) is 11.5. The van der Waals surface area contributed by atoms with Gasteiger partial charge in [-0.3, -0.25) is 4.79 Å². The molecule has 1 amide bonds. The molecule has 128 valence electrons. The first-order valence-electron chi connectivity index (χ1n) is 7.95. The Morgan fingerprint density at radius 2 is 1.71 bits per heavy atom. The topological polar surface area (TPSA) is 41.1 Å². The highest BCUT2D eigenvalue weighted by Crippen LogP contribution is 2.22. The van der Waals surface area contributed by atoms with Gasteiger partial charge in [0.15, 0.2) is 0 Å². The Balaban J connectivity index is 1.86. The first kappa shape index (κ1) is 18.4. The monoisotopic (exact) mass is 348 g/mol. The fourth-order valence-corrected chi connectivity index (χ4v) is 2.60. The zero-order valence-electron chi connectivity index (χ0n) is 13.9. The summed E-state index contributed by atoms with van der Waals surface area (Å²) >= 11 is 5.92. The number of carbonyl (C=O) groups is 1. The Morgan fingerprint density at radius 3 is 2.29 bits per heavy atom. The van der Waals surface area contributed by atoms with Crippen molar-refractivity contribution >= 4 is 17.5 Å². The molecule has 0 aliphatic carbocycles. The van der Waals surface area contributed by atoms with Gasteiger partial charge in [-0.1, -0.05) is 49.7 Å². The fraction of sp³-hybridized carbons (Fsp3) is 0.316. The maximum absolute atomic E-state index is 12.9. The molecule has 2 N–H and O–H groups in total. The lowest BCUT2D eigenvalue weighted by molar-refractivity contribution is -0.120. The van der Waals surface area contributed by atoms with E-state index in [4.69, 9.17) is 11.6 Å². The number of amides is 1. The Labute approximate surface area is 147 Å². The van der Waals surface area contributed by atoms with Crippen molar-refractivity contribution in [1.29, 1.82) is 0 Å². The van der Waals surface area contributed by atoms with Gasteiger partial charge >= 0.3 is 0 Å². The van der Waals surface area contributed by atoms with Crippen LogP contribution in [0.4, 0.5) is 4.39 Å². The summed E-state index contributed by atoms with van der Waals surface area (Å²) in [6, 6.07) is 13.8. The van der Waals surface area contributed by atoms with E-state index >= 15 is 0 Å². The average molecular weight is 349 g/mol. The minimum atomic E-state index is -0.283. The number of hydrogen-bond acceptors (Lipinski definition) is 2. The van der Waals surface area contributed by atoms with Gasteiger partial charge in [0.25, 0.3) is 0 Å². The highest BCUT2D eigenvalue weighted by atomic mass is 35.5. The van der Waals surface area contributed by atoms with Gasteiger partial charge in [0, 0.05) is 17.6 Å². The van der Waals surface area contributed by atoms with E-state index in [1.807, 2.05) is 24.3 Å². The molecule has 1 atom stereocenters. The molecule has 0 saturated carbocycles. The van der Waals surface area contributed by atoms with Crippen molar-refractivity contribution in [2.75, 3.05) is 6.54 Å². The van der Waals surface area contributed by atoms with Crippen LogP contribution in [0.5, 0.6) is 0 Å². The molecule has 5 heteroatoms. The van der Waals surface area contributed by atoms with E-state index in [1.165, 1.54) is 12.1 Å². The number of nitrogens with one attached hydrogen (secondary N) is 2. The molecule has 0 fully saturated rings. The van der Waals surface area contributed by atoms with Gasteiger partial charge in [0.1, 0.15) is 5.82 Å². The van der Waals surface area contributed by atoms with Crippen LogP contribution in [0.15, 0.2) is 48.5 Å². The highest BCUT2D eigenvalue weighted by Gasteiger charge is 2.16. The summed E-state index contributed by atoms with van der Waals surface area (Å²) in [5, 5.41) is 6.81. The molecule has 0 spiro atoms. The number of hydrogen-bond donors (Lipinski definition) is 2. The van der Waals surface area contributed by atoms with Crippen molar-refractivity contribution in [3.63, 3.8) is 0 Å². The van der Waals surface area contributed by atoms with Gasteiger partial charge in [-0.25, -0.2) is 4.39 Å². The van der Waals surface area contributed by atoms with Crippen LogP contribution in [0.2, 0.25) is 5.02 Å². The lowest BCUT2D eigenvalue weighted by Crippen LogP contribution is -2.37. The number of rotatable bonds is 7. The van der Waals surface area contributed by atoms with Crippen molar-refractivity contribution in [3.05, 3.63) is 70.5 Å². The molecule has 0 unspecified atom stereocenters. The summed E-state index contributed by atoms with van der Waals surface area (Å²) in [6.07, 6.45) is 0. The minimum Gasteiger partial charge on any atom is -0.351 e. The quantitative estimate of drug-likeness (QED) is 0.791. The van der Waals surface area contributed by atoms with E-state index < -0.39 is 0 Å². The standard InChI is InChI=1S/C19H22ClFN2O/c1-13(2)19(15-5-7-16(20)8-6-15)23-12-18(24)22-11-14-3-9-17(21)10-4-14/h3-10,13,19,23H,11-12H2,1-2H3,(H,22,24)/t19-/m1/s1. The Kier molecular flexibility index (Phi) is 6.76. The third-order valence-corrected chi connectivity index (χ3v) is 4.03. The van der Waals surface area contributed by atoms with Crippen LogP contribution in [-0.4, -0.2) is 12.5 Å². The van der Waals surface area contributed by atoms with Crippen LogP contribution in [0.25, 0.3) is 0 Å². The van der Waals surface area contributed by atoms with Crippen LogP contribution < -0.4 is 10.6 Å². The van der Waals surface area contributed by atoms with Crippen molar-refractivity contribution in [3.8, 4) is 0 Å². The minimum absolute atomic E-state index is 0.0684. The molecule has 0 saturated heterocycles. The van der Waals surface area contributed by atoms with E-state index in [-0.39, 0.29) is 24.3 Å². The Hall–Kier alpha value is -1.91. The summed E-state index contributed by atoms with van der Waals surface area (Å²) in [5.41, 5.74) is 1.96. The second-order valence-corrected chi connectivity index (χ2v) is 6.49.